The molecule has 0 fully saturated rings. The molecule has 0 aromatic rings. The van der Waals surface area contributed by atoms with Crippen molar-refractivity contribution in [1.82, 2.24) is 16.0 Å². The lowest BCUT2D eigenvalue weighted by Crippen LogP contribution is -2.49. The van der Waals surface area contributed by atoms with Crippen LogP contribution in [0, 0.1) is 11.3 Å². The lowest BCUT2D eigenvalue weighted by atomic mass is 10.1. The molecule has 0 saturated heterocycles. The predicted molar refractivity (Wildman–Crippen MR) is 150 cm³/mol. The minimum atomic E-state index is -0.999. The first-order valence-corrected chi connectivity index (χ1v) is 14.8. The summed E-state index contributed by atoms with van der Waals surface area (Å²) in [7, 11) is 3.09. The monoisotopic (exact) mass is 576 g/mol. The van der Waals surface area contributed by atoms with E-state index in [1.165, 1.54) is 10.8 Å². The summed E-state index contributed by atoms with van der Waals surface area (Å²) in [6.07, 6.45) is -0.275. The van der Waals surface area contributed by atoms with Crippen molar-refractivity contribution in [3.05, 3.63) is 0 Å². The molecular formula is C25H44N4O7S2. The van der Waals surface area contributed by atoms with Gasteiger partial charge in [0, 0.05) is 17.0 Å². The molecule has 0 spiro atoms. The van der Waals surface area contributed by atoms with Crippen LogP contribution in [0.3, 0.4) is 0 Å². The molecule has 3 N–H and O–H groups in total. The van der Waals surface area contributed by atoms with Crippen LogP contribution in [0.2, 0.25) is 0 Å². The van der Waals surface area contributed by atoms with E-state index in [0.717, 1.165) is 0 Å². The summed E-state index contributed by atoms with van der Waals surface area (Å²) in [5.74, 6) is -0.745. The van der Waals surface area contributed by atoms with Crippen molar-refractivity contribution < 1.29 is 33.4 Å². The van der Waals surface area contributed by atoms with E-state index in [9.17, 15) is 19.2 Å². The maximum Gasteiger partial charge on any atom is 0.408 e. The highest BCUT2D eigenvalue weighted by molar-refractivity contribution is 8.77. The molecule has 38 heavy (non-hydrogen) atoms. The molecular weight excluding hydrogens is 532 g/mol. The Kier molecular flexibility index (Phi) is 15.6. The maximum atomic E-state index is 12.8. The fraction of sp³-hybridized carbons (Fsp3) is 0.800. The van der Waals surface area contributed by atoms with Crippen LogP contribution < -0.4 is 16.0 Å². The highest BCUT2D eigenvalue weighted by Gasteiger charge is 2.27. The van der Waals surface area contributed by atoms with Crippen molar-refractivity contribution >= 4 is 45.7 Å². The third-order valence-electron chi connectivity index (χ3n) is 4.02. The number of rotatable bonds is 13. The number of carbonyl (C=O) groups excluding carboxylic acids is 4. The first kappa shape index (κ1) is 35.7. The van der Waals surface area contributed by atoms with E-state index in [2.05, 4.69) is 36.7 Å². The number of nitrogens with zero attached hydrogens (tertiary/aromatic N) is 1. The average Bonchev–Trinajstić information content (AvgIpc) is 2.72. The Bertz CT molecular complexity index is 828. The second kappa shape index (κ2) is 16.6. The molecule has 218 valence electrons. The molecule has 0 aliphatic carbocycles. The van der Waals surface area contributed by atoms with Gasteiger partial charge in [-0.25, -0.2) is 14.4 Å². The summed E-state index contributed by atoms with van der Waals surface area (Å²) in [6, 6.07) is -0.0814. The largest absolute Gasteiger partial charge is 0.449 e. The highest BCUT2D eigenvalue weighted by Crippen LogP contribution is 2.35. The van der Waals surface area contributed by atoms with Gasteiger partial charge >= 0.3 is 18.2 Å². The van der Waals surface area contributed by atoms with Crippen molar-refractivity contribution in [3.63, 3.8) is 0 Å². The van der Waals surface area contributed by atoms with Crippen LogP contribution in [0.5, 0.6) is 0 Å². The summed E-state index contributed by atoms with van der Waals surface area (Å²) in [6.45, 7) is 16.4. The van der Waals surface area contributed by atoms with Crippen LogP contribution in [0.15, 0.2) is 0 Å². The Hall–Kier alpha value is -2.33. The Balaban J connectivity index is 4.93. The second-order valence-corrected chi connectivity index (χ2v) is 14.6. The standard InChI is InChI=1S/C25H44N4O7S2/c1-23(2,3)35-21(32)28-17(20(31)34-15-13-26)12-10-11-14-27-19(30)18(16-37-38-25(7,8)9)29-22(33)36-24(4,5)6/h17-18H,10-12,14-16H2,1-9H3,(H,27,30)(H,28,32)(H,29,33)/t17-,18-/m0/s1. The van der Waals surface area contributed by atoms with E-state index in [4.69, 9.17) is 19.5 Å². The Labute approximate surface area is 234 Å². The van der Waals surface area contributed by atoms with Gasteiger partial charge in [-0.05, 0) is 60.8 Å². The van der Waals surface area contributed by atoms with Crippen LogP contribution in [0.4, 0.5) is 9.59 Å². The van der Waals surface area contributed by atoms with Crippen LogP contribution in [0.1, 0.15) is 81.6 Å². The summed E-state index contributed by atoms with van der Waals surface area (Å²) >= 11 is 0. The fourth-order valence-corrected chi connectivity index (χ4v) is 5.09. The number of esters is 1. The molecule has 0 rings (SSSR count). The maximum absolute atomic E-state index is 12.8. The van der Waals surface area contributed by atoms with Gasteiger partial charge in [0.1, 0.15) is 29.4 Å². The molecule has 0 aliphatic heterocycles. The average molecular weight is 577 g/mol. The topological polar surface area (TPSA) is 156 Å². The van der Waals surface area contributed by atoms with Gasteiger partial charge in [0.25, 0.3) is 0 Å². The lowest BCUT2D eigenvalue weighted by Gasteiger charge is -2.24. The molecule has 0 radical (unpaired) electrons. The summed E-state index contributed by atoms with van der Waals surface area (Å²) in [5, 5.41) is 16.6. The summed E-state index contributed by atoms with van der Waals surface area (Å²) < 4.78 is 15.3. The highest BCUT2D eigenvalue weighted by atomic mass is 33.1. The number of unbranched alkanes of at least 4 members (excludes halogenated alkanes) is 1. The Morgan fingerprint density at radius 2 is 1.37 bits per heavy atom. The van der Waals surface area contributed by atoms with Crippen molar-refractivity contribution in [2.45, 2.75) is 110 Å². The zero-order chi connectivity index (χ0) is 29.6. The van der Waals surface area contributed by atoms with Crippen molar-refractivity contribution in [2.24, 2.45) is 0 Å². The SMILES string of the molecule is CC(C)(C)OC(=O)N[C@@H](CSSC(C)(C)C)C(=O)NCCCC[C@H](NC(=O)OC(C)(C)C)C(=O)OCC#N. The molecule has 0 heterocycles. The van der Waals surface area contributed by atoms with Crippen molar-refractivity contribution in [1.29, 1.82) is 5.26 Å². The molecule has 3 amide bonds. The van der Waals surface area contributed by atoms with Crippen molar-refractivity contribution in [3.8, 4) is 6.07 Å². The zero-order valence-corrected chi connectivity index (χ0v) is 25.7. The number of carbonyl (C=O) groups is 4. The molecule has 0 aliphatic rings. The van der Waals surface area contributed by atoms with Gasteiger partial charge in [-0.1, -0.05) is 42.4 Å². The smallest absolute Gasteiger partial charge is 0.408 e. The Morgan fingerprint density at radius 1 is 0.842 bits per heavy atom. The molecule has 13 heteroatoms. The van der Waals surface area contributed by atoms with Crippen LogP contribution in [-0.2, 0) is 23.8 Å². The fourth-order valence-electron chi connectivity index (χ4n) is 2.62. The molecule has 0 saturated carbocycles. The molecule has 11 nitrogen and oxygen atoms in total. The van der Waals surface area contributed by atoms with E-state index in [1.54, 1.807) is 58.4 Å². The van der Waals surface area contributed by atoms with E-state index < -0.39 is 48.0 Å². The first-order valence-electron chi connectivity index (χ1n) is 12.4. The quantitative estimate of drug-likeness (QED) is 0.125. The zero-order valence-electron chi connectivity index (χ0n) is 24.0. The third-order valence-corrected chi connectivity index (χ3v) is 7.37. The first-order chi connectivity index (χ1) is 17.3. The molecule has 0 bridgehead atoms. The van der Waals surface area contributed by atoms with Gasteiger partial charge in [-0.3, -0.25) is 4.79 Å². The number of ether oxygens (including phenoxy) is 3. The third kappa shape index (κ3) is 19.7. The van der Waals surface area contributed by atoms with E-state index in [0.29, 0.717) is 18.6 Å². The van der Waals surface area contributed by atoms with Gasteiger partial charge in [0.05, 0.1) is 0 Å². The second-order valence-electron chi connectivity index (χ2n) is 11.4. The van der Waals surface area contributed by atoms with E-state index in [1.807, 2.05) is 0 Å². The number of alkyl carbamates (subject to hydrolysis) is 2. The predicted octanol–water partition coefficient (Wildman–Crippen LogP) is 4.31. The molecule has 2 atom stereocenters. The van der Waals surface area contributed by atoms with Gasteiger partial charge < -0.3 is 30.2 Å². The van der Waals surface area contributed by atoms with Gasteiger partial charge in [-0.2, -0.15) is 5.26 Å². The van der Waals surface area contributed by atoms with Crippen LogP contribution in [0.25, 0.3) is 0 Å². The number of amides is 3. The number of hydrogen-bond donors (Lipinski definition) is 3. The van der Waals surface area contributed by atoms with Crippen molar-refractivity contribution in [2.75, 3.05) is 18.9 Å². The number of hydrogen-bond acceptors (Lipinski definition) is 10. The summed E-state index contributed by atoms with van der Waals surface area (Å²) in [5.41, 5.74) is -1.44. The Morgan fingerprint density at radius 3 is 1.84 bits per heavy atom. The van der Waals surface area contributed by atoms with Crippen LogP contribution >= 0.6 is 21.6 Å². The van der Waals surface area contributed by atoms with Gasteiger partial charge in [-0.15, -0.1) is 0 Å². The van der Waals surface area contributed by atoms with Gasteiger partial charge in [0.15, 0.2) is 6.61 Å². The van der Waals surface area contributed by atoms with Crippen LogP contribution in [-0.4, -0.2) is 71.0 Å². The van der Waals surface area contributed by atoms with E-state index in [-0.39, 0.29) is 23.6 Å². The molecule has 0 unspecified atom stereocenters. The normalized spacial score (nSPS) is 13.4. The number of nitrogens with one attached hydrogen (secondary N) is 3. The molecule has 0 aromatic carbocycles. The summed E-state index contributed by atoms with van der Waals surface area (Å²) in [4.78, 5) is 49.5. The minimum Gasteiger partial charge on any atom is -0.449 e. The van der Waals surface area contributed by atoms with E-state index >= 15 is 0 Å². The minimum absolute atomic E-state index is 0.0180. The molecule has 0 aromatic heterocycles. The number of nitriles is 1. The van der Waals surface area contributed by atoms with Gasteiger partial charge in [0.2, 0.25) is 5.91 Å². The lowest BCUT2D eigenvalue weighted by molar-refractivity contribution is -0.145.